The second kappa shape index (κ2) is 6.75. The zero-order valence-corrected chi connectivity index (χ0v) is 12.4. The summed E-state index contributed by atoms with van der Waals surface area (Å²) < 4.78 is 5.08. The Hall–Kier alpha value is -1.55. The lowest BCUT2D eigenvalue weighted by molar-refractivity contribution is -0.115. The summed E-state index contributed by atoms with van der Waals surface area (Å²) in [4.78, 5) is 11.8. The standard InChI is InChI=1S/C16H24N2O2/c1-3-8-16(9-10-16)12-17-11-15(19)18-13-4-6-14(20-2)7-5-13/h4-7,17H,3,8-12H2,1-2H3,(H,18,19). The molecular weight excluding hydrogens is 252 g/mol. The fourth-order valence-electron chi connectivity index (χ4n) is 2.54. The zero-order valence-electron chi connectivity index (χ0n) is 12.4. The summed E-state index contributed by atoms with van der Waals surface area (Å²) in [5, 5.41) is 6.15. The summed E-state index contributed by atoms with van der Waals surface area (Å²) in [5.74, 6) is 0.791. The van der Waals surface area contributed by atoms with Crippen LogP contribution in [0.4, 0.5) is 5.69 Å². The summed E-state index contributed by atoms with van der Waals surface area (Å²) in [6, 6.07) is 7.36. The Kier molecular flexibility index (Phi) is 5.01. The van der Waals surface area contributed by atoms with Crippen LogP contribution in [0.25, 0.3) is 0 Å². The lowest BCUT2D eigenvalue weighted by Crippen LogP contribution is -2.32. The molecule has 0 spiro atoms. The minimum Gasteiger partial charge on any atom is -0.497 e. The average Bonchev–Trinajstić information content (AvgIpc) is 3.20. The molecule has 2 rings (SSSR count). The van der Waals surface area contributed by atoms with Crippen LogP contribution in [0.15, 0.2) is 24.3 Å². The van der Waals surface area contributed by atoms with E-state index in [2.05, 4.69) is 17.6 Å². The van der Waals surface area contributed by atoms with E-state index < -0.39 is 0 Å². The molecule has 110 valence electrons. The van der Waals surface area contributed by atoms with Gasteiger partial charge >= 0.3 is 0 Å². The molecule has 0 radical (unpaired) electrons. The Balaban J connectivity index is 1.69. The minimum absolute atomic E-state index is 0.00228. The van der Waals surface area contributed by atoms with Gasteiger partial charge in [-0.3, -0.25) is 4.79 Å². The van der Waals surface area contributed by atoms with Crippen molar-refractivity contribution in [1.29, 1.82) is 0 Å². The molecule has 0 aliphatic heterocycles. The van der Waals surface area contributed by atoms with Gasteiger partial charge in [0.25, 0.3) is 0 Å². The molecule has 0 bridgehead atoms. The molecule has 4 heteroatoms. The number of benzene rings is 1. The normalized spacial score (nSPS) is 15.7. The van der Waals surface area contributed by atoms with E-state index in [0.29, 0.717) is 12.0 Å². The van der Waals surface area contributed by atoms with E-state index in [1.807, 2.05) is 24.3 Å². The second-order valence-electron chi connectivity index (χ2n) is 5.63. The number of amides is 1. The highest BCUT2D eigenvalue weighted by atomic mass is 16.5. The molecule has 1 aromatic carbocycles. The Morgan fingerprint density at radius 3 is 2.55 bits per heavy atom. The van der Waals surface area contributed by atoms with Gasteiger partial charge in [-0.25, -0.2) is 0 Å². The van der Waals surface area contributed by atoms with Gasteiger partial charge < -0.3 is 15.4 Å². The summed E-state index contributed by atoms with van der Waals surface area (Å²) in [6.07, 6.45) is 5.09. The molecule has 1 aliphatic carbocycles. The van der Waals surface area contributed by atoms with E-state index in [0.717, 1.165) is 18.0 Å². The van der Waals surface area contributed by atoms with Crippen LogP contribution in [-0.4, -0.2) is 26.1 Å². The predicted molar refractivity (Wildman–Crippen MR) is 81.1 cm³/mol. The van der Waals surface area contributed by atoms with Crippen molar-refractivity contribution in [1.82, 2.24) is 5.32 Å². The first-order valence-corrected chi connectivity index (χ1v) is 7.32. The largest absolute Gasteiger partial charge is 0.497 e. The van der Waals surface area contributed by atoms with Gasteiger partial charge in [0.1, 0.15) is 5.75 Å². The van der Waals surface area contributed by atoms with Crippen molar-refractivity contribution in [2.24, 2.45) is 5.41 Å². The molecule has 1 aliphatic rings. The maximum absolute atomic E-state index is 11.8. The van der Waals surface area contributed by atoms with E-state index in [9.17, 15) is 4.79 Å². The first-order valence-electron chi connectivity index (χ1n) is 7.32. The number of rotatable bonds is 8. The van der Waals surface area contributed by atoms with Crippen LogP contribution < -0.4 is 15.4 Å². The summed E-state index contributed by atoms with van der Waals surface area (Å²) in [6.45, 7) is 3.55. The second-order valence-corrected chi connectivity index (χ2v) is 5.63. The van der Waals surface area contributed by atoms with Gasteiger partial charge in [0.2, 0.25) is 5.91 Å². The highest BCUT2D eigenvalue weighted by Crippen LogP contribution is 2.48. The van der Waals surface area contributed by atoms with Crippen LogP contribution in [0, 0.1) is 5.41 Å². The highest BCUT2D eigenvalue weighted by molar-refractivity contribution is 5.92. The molecule has 1 amide bonds. The predicted octanol–water partition coefficient (Wildman–Crippen LogP) is 2.80. The molecule has 4 nitrogen and oxygen atoms in total. The van der Waals surface area contributed by atoms with Crippen molar-refractivity contribution in [2.75, 3.05) is 25.5 Å². The van der Waals surface area contributed by atoms with Crippen molar-refractivity contribution >= 4 is 11.6 Å². The molecule has 1 saturated carbocycles. The molecule has 0 unspecified atom stereocenters. The Labute approximate surface area is 120 Å². The molecule has 0 saturated heterocycles. The molecule has 0 aromatic heterocycles. The molecule has 0 atom stereocenters. The maximum atomic E-state index is 11.8. The SMILES string of the molecule is CCCC1(CNCC(=O)Nc2ccc(OC)cc2)CC1. The number of carbonyl (C=O) groups is 1. The summed E-state index contributed by atoms with van der Waals surface area (Å²) in [7, 11) is 1.63. The number of nitrogens with one attached hydrogen (secondary N) is 2. The average molecular weight is 276 g/mol. The van der Waals surface area contributed by atoms with Crippen LogP contribution >= 0.6 is 0 Å². The number of hydrogen-bond donors (Lipinski definition) is 2. The van der Waals surface area contributed by atoms with Crippen molar-refractivity contribution in [3.8, 4) is 5.75 Å². The van der Waals surface area contributed by atoms with Gasteiger partial charge in [-0.15, -0.1) is 0 Å². The van der Waals surface area contributed by atoms with Gasteiger partial charge in [-0.1, -0.05) is 13.3 Å². The van der Waals surface area contributed by atoms with Crippen LogP contribution in [0.3, 0.4) is 0 Å². The molecule has 2 N–H and O–H groups in total. The van der Waals surface area contributed by atoms with Crippen LogP contribution in [0.2, 0.25) is 0 Å². The quantitative estimate of drug-likeness (QED) is 0.767. The number of anilines is 1. The van der Waals surface area contributed by atoms with Gasteiger partial charge in [0.05, 0.1) is 13.7 Å². The Bertz CT molecular complexity index is 438. The van der Waals surface area contributed by atoms with Gasteiger partial charge in [-0.05, 0) is 48.9 Å². The summed E-state index contributed by atoms with van der Waals surface area (Å²) >= 11 is 0. The number of methoxy groups -OCH3 is 1. The van der Waals surface area contributed by atoms with E-state index >= 15 is 0 Å². The third kappa shape index (κ3) is 4.23. The maximum Gasteiger partial charge on any atom is 0.238 e. The lowest BCUT2D eigenvalue weighted by Gasteiger charge is -2.14. The van der Waals surface area contributed by atoms with Crippen LogP contribution in [-0.2, 0) is 4.79 Å². The molecule has 1 fully saturated rings. The van der Waals surface area contributed by atoms with E-state index in [1.54, 1.807) is 7.11 Å². The van der Waals surface area contributed by atoms with Crippen molar-refractivity contribution in [2.45, 2.75) is 32.6 Å². The molecular formula is C16H24N2O2. The molecule has 1 aromatic rings. The van der Waals surface area contributed by atoms with Gasteiger partial charge in [-0.2, -0.15) is 0 Å². The lowest BCUT2D eigenvalue weighted by atomic mass is 10.0. The van der Waals surface area contributed by atoms with Crippen molar-refractivity contribution < 1.29 is 9.53 Å². The topological polar surface area (TPSA) is 50.4 Å². The Morgan fingerprint density at radius 2 is 2.00 bits per heavy atom. The third-order valence-corrected chi connectivity index (χ3v) is 3.90. The summed E-state index contributed by atoms with van der Waals surface area (Å²) in [5.41, 5.74) is 1.28. The van der Waals surface area contributed by atoms with Crippen LogP contribution in [0.1, 0.15) is 32.6 Å². The Morgan fingerprint density at radius 1 is 1.30 bits per heavy atom. The van der Waals surface area contributed by atoms with E-state index in [4.69, 9.17) is 4.74 Å². The molecule has 20 heavy (non-hydrogen) atoms. The van der Waals surface area contributed by atoms with Crippen molar-refractivity contribution in [3.63, 3.8) is 0 Å². The van der Waals surface area contributed by atoms with Gasteiger partial charge in [0, 0.05) is 12.2 Å². The first kappa shape index (κ1) is 14.9. The molecule has 0 heterocycles. The number of ether oxygens (including phenoxy) is 1. The first-order chi connectivity index (χ1) is 9.67. The van der Waals surface area contributed by atoms with Crippen molar-refractivity contribution in [3.05, 3.63) is 24.3 Å². The van der Waals surface area contributed by atoms with Crippen LogP contribution in [0.5, 0.6) is 5.75 Å². The fourth-order valence-corrected chi connectivity index (χ4v) is 2.54. The third-order valence-electron chi connectivity index (χ3n) is 3.90. The smallest absolute Gasteiger partial charge is 0.238 e. The minimum atomic E-state index is 0.00228. The monoisotopic (exact) mass is 276 g/mol. The van der Waals surface area contributed by atoms with E-state index in [1.165, 1.54) is 25.7 Å². The number of hydrogen-bond acceptors (Lipinski definition) is 3. The van der Waals surface area contributed by atoms with Gasteiger partial charge in [0.15, 0.2) is 0 Å². The zero-order chi connectivity index (χ0) is 14.4. The number of carbonyl (C=O) groups excluding carboxylic acids is 1. The highest BCUT2D eigenvalue weighted by Gasteiger charge is 2.40. The fraction of sp³-hybridized carbons (Fsp3) is 0.562. The van der Waals surface area contributed by atoms with E-state index in [-0.39, 0.29) is 5.91 Å².